The van der Waals surface area contributed by atoms with Crippen molar-refractivity contribution in [1.29, 1.82) is 0 Å². The number of halogens is 1. The monoisotopic (exact) mass is 204 g/mol. The number of hydrogen-bond acceptors (Lipinski definition) is 2. The Labute approximate surface area is 76.6 Å². The molecule has 0 saturated heterocycles. The van der Waals surface area contributed by atoms with E-state index in [-0.39, 0.29) is 5.75 Å². The van der Waals surface area contributed by atoms with Crippen LogP contribution in [0.1, 0.15) is 6.92 Å². The molecule has 0 N–H and O–H groups in total. The fraction of sp³-hybridized carbons (Fsp3) is 0.250. The second-order valence-corrected chi connectivity index (χ2v) is 5.47. The van der Waals surface area contributed by atoms with E-state index in [9.17, 15) is 8.42 Å². The van der Waals surface area contributed by atoms with Crippen LogP contribution in [0.4, 0.5) is 0 Å². The second-order valence-electron chi connectivity index (χ2n) is 2.41. The van der Waals surface area contributed by atoms with Crippen molar-refractivity contribution in [1.82, 2.24) is 0 Å². The van der Waals surface area contributed by atoms with E-state index in [1.165, 1.54) is 18.1 Å². The summed E-state index contributed by atoms with van der Waals surface area (Å²) >= 11 is 0. The summed E-state index contributed by atoms with van der Waals surface area (Å²) in [6, 6.07) is 8.48. The molecule has 2 nitrogen and oxygen atoms in total. The molecule has 0 saturated carbocycles. The Bertz CT molecular complexity index is 353. The van der Waals surface area contributed by atoms with Gasteiger partial charge in [0.25, 0.3) is 0 Å². The topological polar surface area (TPSA) is 34.1 Å². The van der Waals surface area contributed by atoms with Crippen molar-refractivity contribution in [2.24, 2.45) is 0 Å². The molecule has 0 fully saturated rings. The molecule has 0 aromatic heterocycles. The highest BCUT2D eigenvalue weighted by Crippen LogP contribution is 2.32. The lowest BCUT2D eigenvalue weighted by Crippen LogP contribution is -1.88. The van der Waals surface area contributed by atoms with Crippen LogP contribution in [0.3, 0.4) is 0 Å². The molecule has 0 bridgehead atoms. The summed E-state index contributed by atoms with van der Waals surface area (Å²) in [6.45, 7) is 1.49. The molecular weight excluding hydrogens is 196 g/mol. The van der Waals surface area contributed by atoms with Crippen molar-refractivity contribution in [3.8, 4) is 11.1 Å². The first kappa shape index (κ1) is 9.55. The van der Waals surface area contributed by atoms with Crippen LogP contribution in [-0.2, 0) is 9.05 Å². The minimum absolute atomic E-state index is 0.00849. The molecule has 0 atom stereocenters. The normalized spacial score (nSPS) is 11.5. The zero-order valence-corrected chi connectivity index (χ0v) is 8.19. The smallest absolute Gasteiger partial charge is 0.212 e. The molecule has 0 aromatic rings. The molecule has 4 heteroatoms. The largest absolute Gasteiger partial charge is 0.232 e. The van der Waals surface area contributed by atoms with Crippen LogP contribution in [0.15, 0.2) is 24.3 Å². The number of benzene rings is 1. The standard InChI is InChI=1S/C6H4.C2H5ClO2S/c1-2-5-4-6(5)3-1;1-2-6(3,4)5/h1-4H;2H2,1H3. The first-order valence-corrected chi connectivity index (χ1v) is 6.03. The maximum atomic E-state index is 9.77. The summed E-state index contributed by atoms with van der Waals surface area (Å²) in [6.07, 6.45) is 0. The molecule has 0 amide bonds. The Kier molecular flexibility index (Phi) is 2.75. The summed E-state index contributed by atoms with van der Waals surface area (Å²) in [5, 5.41) is 0. The summed E-state index contributed by atoms with van der Waals surface area (Å²) in [7, 11) is 1.50. The van der Waals surface area contributed by atoms with Gasteiger partial charge < -0.3 is 0 Å². The molecule has 0 heterocycles. The minimum atomic E-state index is -3.19. The van der Waals surface area contributed by atoms with Gasteiger partial charge in [-0.1, -0.05) is 25.1 Å². The molecule has 12 heavy (non-hydrogen) atoms. The highest BCUT2D eigenvalue weighted by Gasteiger charge is 2.06. The third-order valence-corrected chi connectivity index (χ3v) is 2.80. The quantitative estimate of drug-likeness (QED) is 0.668. The fourth-order valence-electron chi connectivity index (χ4n) is 0.676. The van der Waals surface area contributed by atoms with Crippen molar-refractivity contribution >= 4 is 19.7 Å². The Hall–Kier alpha value is -0.540. The highest BCUT2D eigenvalue weighted by molar-refractivity contribution is 8.13. The van der Waals surface area contributed by atoms with Gasteiger partial charge in [-0.05, 0) is 17.2 Å². The lowest BCUT2D eigenvalue weighted by atomic mass is 10.6. The Morgan fingerprint density at radius 1 is 1.33 bits per heavy atom. The van der Waals surface area contributed by atoms with Crippen LogP contribution in [0.5, 0.6) is 0 Å². The third-order valence-electron chi connectivity index (χ3n) is 1.46. The molecule has 2 rings (SSSR count). The molecule has 0 aromatic carbocycles. The molecule has 2 aliphatic carbocycles. The van der Waals surface area contributed by atoms with E-state index >= 15 is 0 Å². The number of hydrogen-bond donors (Lipinski definition) is 0. The third kappa shape index (κ3) is 3.24. The van der Waals surface area contributed by atoms with E-state index in [2.05, 4.69) is 34.9 Å². The van der Waals surface area contributed by atoms with E-state index in [4.69, 9.17) is 0 Å². The Morgan fingerprint density at radius 3 is 1.83 bits per heavy atom. The molecule has 2 aliphatic rings. The number of rotatable bonds is 1. The van der Waals surface area contributed by atoms with Gasteiger partial charge in [0, 0.05) is 10.7 Å². The maximum absolute atomic E-state index is 9.77. The molecule has 66 valence electrons. The second kappa shape index (κ2) is 3.46. The van der Waals surface area contributed by atoms with Gasteiger partial charge in [0.15, 0.2) is 0 Å². The Morgan fingerprint density at radius 2 is 1.75 bits per heavy atom. The molecule has 0 spiro atoms. The van der Waals surface area contributed by atoms with Gasteiger partial charge in [-0.25, -0.2) is 8.42 Å². The van der Waals surface area contributed by atoms with Crippen molar-refractivity contribution in [2.75, 3.05) is 5.75 Å². The summed E-state index contributed by atoms with van der Waals surface area (Å²) in [5.41, 5.74) is 2.85. The minimum Gasteiger partial charge on any atom is -0.212 e. The van der Waals surface area contributed by atoms with E-state index in [0.29, 0.717) is 0 Å². The Balaban J connectivity index is 0.000000120. The summed E-state index contributed by atoms with van der Waals surface area (Å²) < 4.78 is 19.5. The van der Waals surface area contributed by atoms with Gasteiger partial charge in [0.05, 0.1) is 5.75 Å². The SMILES string of the molecule is CCS(=O)(=O)Cl.c1cc2cc-2c1. The van der Waals surface area contributed by atoms with Gasteiger partial charge >= 0.3 is 0 Å². The average Bonchev–Trinajstić information content (AvgIpc) is 2.60. The zero-order chi connectivity index (χ0) is 9.19. The lowest BCUT2D eigenvalue weighted by molar-refractivity contribution is 0.610. The molecular formula is C8H9ClO2S. The molecule has 0 unspecified atom stereocenters. The van der Waals surface area contributed by atoms with Crippen molar-refractivity contribution < 1.29 is 8.42 Å². The average molecular weight is 205 g/mol. The van der Waals surface area contributed by atoms with E-state index in [1.54, 1.807) is 0 Å². The number of fused-ring (bicyclic) bond motifs is 1. The fourth-order valence-corrected chi connectivity index (χ4v) is 0.676. The van der Waals surface area contributed by atoms with Crippen molar-refractivity contribution in [2.45, 2.75) is 6.92 Å². The van der Waals surface area contributed by atoms with Gasteiger partial charge in [0.2, 0.25) is 9.05 Å². The predicted molar refractivity (Wildman–Crippen MR) is 50.7 cm³/mol. The molecule has 0 radical (unpaired) electrons. The highest BCUT2D eigenvalue weighted by atomic mass is 35.7. The van der Waals surface area contributed by atoms with Crippen molar-refractivity contribution in [3.63, 3.8) is 0 Å². The summed E-state index contributed by atoms with van der Waals surface area (Å²) in [5.74, 6) is 0.00849. The van der Waals surface area contributed by atoms with Crippen LogP contribution in [0.2, 0.25) is 0 Å². The summed E-state index contributed by atoms with van der Waals surface area (Å²) in [4.78, 5) is 0. The van der Waals surface area contributed by atoms with Crippen LogP contribution in [-0.4, -0.2) is 14.2 Å². The first-order chi connectivity index (χ1) is 5.53. The van der Waals surface area contributed by atoms with Crippen LogP contribution >= 0.6 is 10.7 Å². The maximum Gasteiger partial charge on any atom is 0.232 e. The van der Waals surface area contributed by atoms with Gasteiger partial charge in [-0.2, -0.15) is 0 Å². The van der Waals surface area contributed by atoms with Crippen LogP contribution in [0, 0.1) is 0 Å². The van der Waals surface area contributed by atoms with Crippen LogP contribution in [0.25, 0.3) is 11.1 Å². The van der Waals surface area contributed by atoms with Gasteiger partial charge in [-0.15, -0.1) is 0 Å². The lowest BCUT2D eigenvalue weighted by Gasteiger charge is -1.77. The van der Waals surface area contributed by atoms with Crippen molar-refractivity contribution in [3.05, 3.63) is 24.3 Å². The predicted octanol–water partition coefficient (Wildman–Crippen LogP) is 2.24. The van der Waals surface area contributed by atoms with Gasteiger partial charge in [0.1, 0.15) is 0 Å². The van der Waals surface area contributed by atoms with Gasteiger partial charge in [-0.3, -0.25) is 0 Å². The van der Waals surface area contributed by atoms with E-state index in [0.717, 1.165) is 0 Å². The van der Waals surface area contributed by atoms with Crippen LogP contribution < -0.4 is 0 Å². The molecule has 0 aliphatic heterocycles. The first-order valence-electron chi connectivity index (χ1n) is 3.55. The van der Waals surface area contributed by atoms with E-state index < -0.39 is 9.05 Å². The van der Waals surface area contributed by atoms with E-state index in [1.807, 2.05) is 0 Å². The zero-order valence-electron chi connectivity index (χ0n) is 6.62.